The van der Waals surface area contributed by atoms with Gasteiger partial charge in [0.2, 0.25) is 11.8 Å². The number of hydrogen-bond donors (Lipinski definition) is 0. The fourth-order valence-corrected chi connectivity index (χ4v) is 3.57. The summed E-state index contributed by atoms with van der Waals surface area (Å²) in [5.74, 6) is -0.0763. The van der Waals surface area contributed by atoms with Crippen molar-refractivity contribution in [3.05, 3.63) is 65.7 Å². The normalized spacial score (nSPS) is 14.3. The molecule has 0 N–H and O–H groups in total. The Labute approximate surface area is 171 Å². The standard InChI is InChI=1S/C23H26N4O2/c1-19(28)27(22-9-5-8-21(16-22)17-24)11-10-23(29)26-14-12-25(13-15-26)18-20-6-3-2-4-7-20/h2-9,16H,10-15,18H2,1H3. The summed E-state index contributed by atoms with van der Waals surface area (Å²) in [5.41, 5.74) is 2.43. The third kappa shape index (κ3) is 5.66. The second-order valence-electron chi connectivity index (χ2n) is 7.23. The van der Waals surface area contributed by atoms with Gasteiger partial charge in [-0.15, -0.1) is 0 Å². The number of nitriles is 1. The van der Waals surface area contributed by atoms with Crippen LogP contribution in [-0.2, 0) is 16.1 Å². The summed E-state index contributed by atoms with van der Waals surface area (Å²) in [6.07, 6.45) is 0.273. The Morgan fingerprint density at radius 2 is 1.76 bits per heavy atom. The van der Waals surface area contributed by atoms with Gasteiger partial charge in [0.05, 0.1) is 11.6 Å². The largest absolute Gasteiger partial charge is 0.340 e. The van der Waals surface area contributed by atoms with Gasteiger partial charge >= 0.3 is 0 Å². The third-order valence-electron chi connectivity index (χ3n) is 5.19. The van der Waals surface area contributed by atoms with Crippen molar-refractivity contribution in [2.24, 2.45) is 0 Å². The molecule has 1 aliphatic rings. The number of carbonyl (C=O) groups excluding carboxylic acids is 2. The molecule has 2 aromatic carbocycles. The van der Waals surface area contributed by atoms with E-state index in [1.165, 1.54) is 12.5 Å². The summed E-state index contributed by atoms with van der Waals surface area (Å²) < 4.78 is 0. The summed E-state index contributed by atoms with van der Waals surface area (Å²) in [4.78, 5) is 30.5. The Balaban J connectivity index is 1.51. The van der Waals surface area contributed by atoms with Gasteiger partial charge in [0.25, 0.3) is 0 Å². The van der Waals surface area contributed by atoms with Crippen LogP contribution < -0.4 is 4.90 Å². The summed E-state index contributed by atoms with van der Waals surface area (Å²) in [6, 6.07) is 19.3. The number of piperazine rings is 1. The van der Waals surface area contributed by atoms with Gasteiger partial charge in [-0.2, -0.15) is 5.26 Å². The Kier molecular flexibility index (Phi) is 6.99. The molecule has 0 bridgehead atoms. The van der Waals surface area contributed by atoms with Gasteiger partial charge in [0.15, 0.2) is 0 Å². The molecule has 1 saturated heterocycles. The first kappa shape index (κ1) is 20.6. The molecule has 2 amide bonds. The smallest absolute Gasteiger partial charge is 0.224 e. The summed E-state index contributed by atoms with van der Waals surface area (Å²) in [7, 11) is 0. The van der Waals surface area contributed by atoms with Crippen LogP contribution in [0.25, 0.3) is 0 Å². The van der Waals surface area contributed by atoms with Crippen molar-refractivity contribution in [1.82, 2.24) is 9.80 Å². The lowest BCUT2D eigenvalue weighted by Gasteiger charge is -2.35. The molecule has 1 aliphatic heterocycles. The zero-order chi connectivity index (χ0) is 20.6. The minimum atomic E-state index is -0.138. The van der Waals surface area contributed by atoms with Crippen molar-refractivity contribution in [3.63, 3.8) is 0 Å². The van der Waals surface area contributed by atoms with Crippen molar-refractivity contribution in [3.8, 4) is 6.07 Å². The minimum Gasteiger partial charge on any atom is -0.340 e. The zero-order valence-electron chi connectivity index (χ0n) is 16.8. The monoisotopic (exact) mass is 390 g/mol. The molecule has 3 rings (SSSR count). The maximum absolute atomic E-state index is 12.7. The fourth-order valence-electron chi connectivity index (χ4n) is 3.57. The summed E-state index contributed by atoms with van der Waals surface area (Å²) in [6.45, 7) is 5.79. The molecule has 0 spiro atoms. The van der Waals surface area contributed by atoms with Crippen molar-refractivity contribution in [1.29, 1.82) is 5.26 Å². The van der Waals surface area contributed by atoms with E-state index in [1.807, 2.05) is 23.1 Å². The van der Waals surface area contributed by atoms with Crippen LogP contribution in [0.2, 0.25) is 0 Å². The number of hydrogen-bond acceptors (Lipinski definition) is 4. The summed E-state index contributed by atoms with van der Waals surface area (Å²) >= 11 is 0. The van der Waals surface area contributed by atoms with E-state index in [2.05, 4.69) is 23.1 Å². The zero-order valence-corrected chi connectivity index (χ0v) is 16.8. The lowest BCUT2D eigenvalue weighted by atomic mass is 10.2. The van der Waals surface area contributed by atoms with E-state index in [-0.39, 0.29) is 18.2 Å². The maximum Gasteiger partial charge on any atom is 0.224 e. The number of nitrogens with zero attached hydrogens (tertiary/aromatic N) is 4. The molecule has 6 nitrogen and oxygen atoms in total. The lowest BCUT2D eigenvalue weighted by molar-refractivity contribution is -0.132. The van der Waals surface area contributed by atoms with Gasteiger partial charge in [-0.25, -0.2) is 0 Å². The second kappa shape index (κ2) is 9.85. The van der Waals surface area contributed by atoms with Crippen LogP contribution in [0.4, 0.5) is 5.69 Å². The van der Waals surface area contributed by atoms with Crippen LogP contribution >= 0.6 is 0 Å². The topological polar surface area (TPSA) is 67.7 Å². The highest BCUT2D eigenvalue weighted by molar-refractivity contribution is 5.92. The van der Waals surface area contributed by atoms with Gasteiger partial charge in [0.1, 0.15) is 0 Å². The van der Waals surface area contributed by atoms with Crippen LogP contribution in [0.15, 0.2) is 54.6 Å². The molecule has 0 atom stereocenters. The SMILES string of the molecule is CC(=O)N(CCC(=O)N1CCN(Cc2ccccc2)CC1)c1cccc(C#N)c1. The molecule has 0 saturated carbocycles. The Hall–Kier alpha value is -3.17. The van der Waals surface area contributed by atoms with E-state index >= 15 is 0 Å². The quantitative estimate of drug-likeness (QED) is 0.760. The second-order valence-corrected chi connectivity index (χ2v) is 7.23. The number of anilines is 1. The van der Waals surface area contributed by atoms with Crippen LogP contribution in [0.5, 0.6) is 0 Å². The number of amides is 2. The van der Waals surface area contributed by atoms with Crippen molar-refractivity contribution in [2.75, 3.05) is 37.6 Å². The van der Waals surface area contributed by atoms with Gasteiger partial charge in [0, 0.05) is 58.3 Å². The van der Waals surface area contributed by atoms with Crippen LogP contribution in [-0.4, -0.2) is 54.3 Å². The molecule has 150 valence electrons. The highest BCUT2D eigenvalue weighted by atomic mass is 16.2. The molecule has 1 fully saturated rings. The minimum absolute atomic E-state index is 0.0621. The van der Waals surface area contributed by atoms with Crippen molar-refractivity contribution >= 4 is 17.5 Å². The van der Waals surface area contributed by atoms with Gasteiger partial charge in [-0.3, -0.25) is 14.5 Å². The highest BCUT2D eigenvalue weighted by Crippen LogP contribution is 2.17. The number of carbonyl (C=O) groups is 2. The van der Waals surface area contributed by atoms with Gasteiger partial charge < -0.3 is 9.80 Å². The third-order valence-corrected chi connectivity index (χ3v) is 5.19. The Morgan fingerprint density at radius 3 is 2.41 bits per heavy atom. The van der Waals surface area contributed by atoms with Crippen LogP contribution in [0, 0.1) is 11.3 Å². The molecule has 29 heavy (non-hydrogen) atoms. The molecule has 6 heteroatoms. The van der Waals surface area contributed by atoms with E-state index in [0.717, 1.165) is 19.6 Å². The predicted octanol–water partition coefficient (Wildman–Crippen LogP) is 2.65. The Morgan fingerprint density at radius 1 is 1.03 bits per heavy atom. The van der Waals surface area contributed by atoms with E-state index in [4.69, 9.17) is 5.26 Å². The fraction of sp³-hybridized carbons (Fsp3) is 0.348. The lowest BCUT2D eigenvalue weighted by Crippen LogP contribution is -2.49. The average Bonchev–Trinajstić information content (AvgIpc) is 2.75. The molecule has 0 unspecified atom stereocenters. The highest BCUT2D eigenvalue weighted by Gasteiger charge is 2.22. The first-order valence-electron chi connectivity index (χ1n) is 9.89. The Bertz CT molecular complexity index is 883. The number of benzene rings is 2. The van der Waals surface area contributed by atoms with Crippen LogP contribution in [0.3, 0.4) is 0 Å². The molecular formula is C23H26N4O2. The van der Waals surface area contributed by atoms with Crippen molar-refractivity contribution in [2.45, 2.75) is 19.9 Å². The van der Waals surface area contributed by atoms with E-state index in [1.54, 1.807) is 29.2 Å². The number of rotatable bonds is 6. The molecular weight excluding hydrogens is 364 g/mol. The molecule has 1 heterocycles. The molecule has 0 radical (unpaired) electrons. The molecule has 0 aliphatic carbocycles. The molecule has 2 aromatic rings. The first-order chi connectivity index (χ1) is 14.1. The average molecular weight is 390 g/mol. The van der Waals surface area contributed by atoms with E-state index in [0.29, 0.717) is 30.9 Å². The van der Waals surface area contributed by atoms with Gasteiger partial charge in [-0.05, 0) is 23.8 Å². The van der Waals surface area contributed by atoms with E-state index < -0.39 is 0 Å². The van der Waals surface area contributed by atoms with Crippen molar-refractivity contribution < 1.29 is 9.59 Å². The molecule has 0 aromatic heterocycles. The summed E-state index contributed by atoms with van der Waals surface area (Å²) in [5, 5.41) is 9.07. The van der Waals surface area contributed by atoms with Gasteiger partial charge in [-0.1, -0.05) is 36.4 Å². The first-order valence-corrected chi connectivity index (χ1v) is 9.89. The van der Waals surface area contributed by atoms with Crippen LogP contribution in [0.1, 0.15) is 24.5 Å². The predicted molar refractivity (Wildman–Crippen MR) is 112 cm³/mol. The van der Waals surface area contributed by atoms with E-state index in [9.17, 15) is 9.59 Å². The maximum atomic E-state index is 12.7.